The van der Waals surface area contributed by atoms with Gasteiger partial charge in [0.25, 0.3) is 0 Å². The SMILES string of the molecule is [2H]c1c([2H])c([2H])c2c(c1[2H])c(-c1ccc(F)cc1)c(/C=C/[C@H](O)C[C@H](O)CC(=O)O)n2C(C)C. The Kier molecular flexibility index (Phi) is 5.17. The number of fused-ring (bicyclic) bond motifs is 1. The lowest BCUT2D eigenvalue weighted by Crippen LogP contribution is -2.19. The van der Waals surface area contributed by atoms with E-state index in [0.29, 0.717) is 16.8 Å². The average Bonchev–Trinajstić information content (AvgIpc) is 3.10. The van der Waals surface area contributed by atoms with Crippen LogP contribution in [0.5, 0.6) is 0 Å². The highest BCUT2D eigenvalue weighted by Gasteiger charge is 2.19. The first-order valence-electron chi connectivity index (χ1n) is 11.6. The van der Waals surface area contributed by atoms with Gasteiger partial charge in [0.2, 0.25) is 0 Å². The molecule has 0 bridgehead atoms. The Labute approximate surface area is 180 Å². The summed E-state index contributed by atoms with van der Waals surface area (Å²) < 4.78 is 48.7. The van der Waals surface area contributed by atoms with E-state index in [1.54, 1.807) is 10.6 Å². The van der Waals surface area contributed by atoms with Crippen LogP contribution in [0, 0.1) is 5.82 Å². The fourth-order valence-corrected chi connectivity index (χ4v) is 3.49. The molecule has 1 heterocycles. The maximum absolute atomic E-state index is 13.6. The Morgan fingerprint density at radius 3 is 2.50 bits per heavy atom. The number of carboxylic acids is 1. The predicted molar refractivity (Wildman–Crippen MR) is 116 cm³/mol. The van der Waals surface area contributed by atoms with E-state index in [1.807, 2.05) is 13.8 Å². The molecule has 30 heavy (non-hydrogen) atoms. The number of hydrogen-bond acceptors (Lipinski definition) is 3. The number of para-hydroxylation sites is 1. The van der Waals surface area contributed by atoms with Gasteiger partial charge in [0.05, 0.1) is 24.1 Å². The number of carboxylic acid groups (broad SMARTS) is 1. The van der Waals surface area contributed by atoms with Crippen molar-refractivity contribution in [1.82, 2.24) is 4.57 Å². The summed E-state index contributed by atoms with van der Waals surface area (Å²) in [6, 6.07) is 4.07. The monoisotopic (exact) mass is 415 g/mol. The molecule has 2 atom stereocenters. The summed E-state index contributed by atoms with van der Waals surface area (Å²) in [4.78, 5) is 10.8. The van der Waals surface area contributed by atoms with Crippen molar-refractivity contribution in [2.45, 2.75) is 44.9 Å². The topological polar surface area (TPSA) is 82.7 Å². The minimum Gasteiger partial charge on any atom is -0.481 e. The van der Waals surface area contributed by atoms with Crippen LogP contribution in [0.4, 0.5) is 4.39 Å². The number of aliphatic hydroxyl groups excluding tert-OH is 2. The molecule has 0 aliphatic rings. The molecule has 0 unspecified atom stereocenters. The summed E-state index contributed by atoms with van der Waals surface area (Å²) in [5.74, 6) is -1.65. The first kappa shape index (κ1) is 16.8. The van der Waals surface area contributed by atoms with Gasteiger partial charge < -0.3 is 19.9 Å². The second kappa shape index (κ2) is 9.24. The molecule has 3 N–H and O–H groups in total. The van der Waals surface area contributed by atoms with Gasteiger partial charge >= 0.3 is 5.97 Å². The molecule has 0 radical (unpaired) electrons. The first-order chi connectivity index (χ1) is 15.9. The molecule has 0 fully saturated rings. The Bertz CT molecular complexity index is 1250. The lowest BCUT2D eigenvalue weighted by molar-refractivity contribution is -0.139. The van der Waals surface area contributed by atoms with Crippen molar-refractivity contribution in [3.05, 3.63) is 66.0 Å². The summed E-state index contributed by atoms with van der Waals surface area (Å²) in [5.41, 5.74) is 1.72. The maximum Gasteiger partial charge on any atom is 0.305 e. The molecule has 0 aliphatic carbocycles. The Morgan fingerprint density at radius 2 is 1.87 bits per heavy atom. The van der Waals surface area contributed by atoms with Crippen LogP contribution in [0.3, 0.4) is 0 Å². The Balaban J connectivity index is 2.29. The Hall–Kier alpha value is -2.96. The van der Waals surface area contributed by atoms with E-state index in [2.05, 4.69) is 0 Å². The number of halogens is 1. The average molecular weight is 415 g/mol. The third kappa shape index (κ3) is 4.78. The molecular weight excluding hydrogens is 385 g/mol. The number of aliphatic hydroxyl groups is 2. The van der Waals surface area contributed by atoms with E-state index in [9.17, 15) is 19.4 Å². The minimum atomic E-state index is -1.25. The number of rotatable bonds is 8. The summed E-state index contributed by atoms with van der Waals surface area (Å²) in [6.07, 6.45) is -0.233. The highest BCUT2D eigenvalue weighted by atomic mass is 19.1. The zero-order chi connectivity index (χ0) is 25.3. The van der Waals surface area contributed by atoms with Gasteiger partial charge in [-0.15, -0.1) is 0 Å². The first-order valence-corrected chi connectivity index (χ1v) is 9.60. The Morgan fingerprint density at radius 1 is 1.20 bits per heavy atom. The zero-order valence-corrected chi connectivity index (χ0v) is 16.7. The van der Waals surface area contributed by atoms with Crippen molar-refractivity contribution >= 4 is 22.9 Å². The van der Waals surface area contributed by atoms with Gasteiger partial charge in [0, 0.05) is 34.6 Å². The molecule has 158 valence electrons. The normalized spacial score (nSPS) is 15.8. The fourth-order valence-electron chi connectivity index (χ4n) is 3.49. The van der Waals surface area contributed by atoms with E-state index >= 15 is 0 Å². The molecule has 0 saturated heterocycles. The molecule has 0 spiro atoms. The van der Waals surface area contributed by atoms with Crippen LogP contribution in [0.2, 0.25) is 0 Å². The van der Waals surface area contributed by atoms with Crippen LogP contribution in [-0.4, -0.2) is 38.1 Å². The second-order valence-corrected chi connectivity index (χ2v) is 7.37. The van der Waals surface area contributed by atoms with E-state index < -0.39 is 36.5 Å². The fraction of sp³-hybridized carbons (Fsp3) is 0.292. The number of aromatic nitrogens is 1. The van der Waals surface area contributed by atoms with Gasteiger partial charge in [-0.1, -0.05) is 36.3 Å². The summed E-state index contributed by atoms with van der Waals surface area (Å²) in [5, 5.41) is 29.3. The van der Waals surface area contributed by atoms with Crippen LogP contribution >= 0.6 is 0 Å². The highest BCUT2D eigenvalue weighted by Crippen LogP contribution is 2.38. The van der Waals surface area contributed by atoms with Gasteiger partial charge in [-0.3, -0.25) is 4.79 Å². The number of carbonyl (C=O) groups is 1. The quantitative estimate of drug-likeness (QED) is 0.501. The summed E-state index contributed by atoms with van der Waals surface area (Å²) in [6.45, 7) is 3.69. The van der Waals surface area contributed by atoms with Crippen molar-refractivity contribution in [2.24, 2.45) is 0 Å². The van der Waals surface area contributed by atoms with Gasteiger partial charge in [-0.2, -0.15) is 0 Å². The number of nitrogens with zero attached hydrogens (tertiary/aromatic N) is 1. The van der Waals surface area contributed by atoms with Crippen LogP contribution in [0.25, 0.3) is 28.1 Å². The van der Waals surface area contributed by atoms with Crippen molar-refractivity contribution in [1.29, 1.82) is 0 Å². The molecule has 5 nitrogen and oxygen atoms in total. The molecule has 3 aromatic rings. The van der Waals surface area contributed by atoms with Crippen LogP contribution in [0.15, 0.2) is 54.5 Å². The largest absolute Gasteiger partial charge is 0.481 e. The number of aliphatic carboxylic acids is 1. The van der Waals surface area contributed by atoms with Crippen LogP contribution in [0.1, 0.15) is 43.9 Å². The molecule has 3 rings (SSSR count). The minimum absolute atomic E-state index is 0.211. The van der Waals surface area contributed by atoms with Crippen molar-refractivity contribution in [3.63, 3.8) is 0 Å². The van der Waals surface area contributed by atoms with Gasteiger partial charge in [0.1, 0.15) is 5.82 Å². The van der Waals surface area contributed by atoms with Crippen molar-refractivity contribution in [2.75, 3.05) is 0 Å². The molecular formula is C24H26FNO4. The molecule has 0 saturated carbocycles. The van der Waals surface area contributed by atoms with Gasteiger partial charge in [-0.25, -0.2) is 4.39 Å². The number of benzene rings is 2. The molecule has 2 aromatic carbocycles. The summed E-state index contributed by atoms with van der Waals surface area (Å²) >= 11 is 0. The molecule has 6 heteroatoms. The molecule has 1 aromatic heterocycles. The van der Waals surface area contributed by atoms with Crippen LogP contribution in [-0.2, 0) is 4.79 Å². The number of hydrogen-bond donors (Lipinski definition) is 3. The third-order valence-corrected chi connectivity index (χ3v) is 4.72. The zero-order valence-electron chi connectivity index (χ0n) is 20.7. The van der Waals surface area contributed by atoms with Crippen molar-refractivity contribution in [3.8, 4) is 11.1 Å². The van der Waals surface area contributed by atoms with E-state index in [0.717, 1.165) is 0 Å². The van der Waals surface area contributed by atoms with E-state index in [4.69, 9.17) is 10.6 Å². The van der Waals surface area contributed by atoms with Gasteiger partial charge in [0.15, 0.2) is 0 Å². The lowest BCUT2D eigenvalue weighted by Gasteiger charge is -2.15. The predicted octanol–water partition coefficient (Wildman–Crippen LogP) is 4.63. The standard InChI is InChI=1S/C24H26FNO4/c1-15(2)26-21-6-4-3-5-20(21)24(16-7-9-17(25)10-8-16)22(26)12-11-18(27)13-19(28)14-23(29)30/h3-12,15,18-19,27-28H,13-14H2,1-2H3,(H,29,30)/b12-11+/t18-,19-/m0/s1/i3D,4D,5D,6D. The molecule has 0 amide bonds. The summed E-state index contributed by atoms with van der Waals surface area (Å²) in [7, 11) is 0. The maximum atomic E-state index is 13.6. The molecule has 0 aliphatic heterocycles. The third-order valence-electron chi connectivity index (χ3n) is 4.72. The van der Waals surface area contributed by atoms with E-state index in [-0.39, 0.29) is 41.5 Å². The smallest absolute Gasteiger partial charge is 0.305 e. The van der Waals surface area contributed by atoms with E-state index in [1.165, 1.54) is 30.3 Å². The van der Waals surface area contributed by atoms with Gasteiger partial charge in [-0.05, 0) is 43.7 Å². The van der Waals surface area contributed by atoms with Crippen molar-refractivity contribution < 1.29 is 30.0 Å². The lowest BCUT2D eigenvalue weighted by atomic mass is 10.0. The van der Waals surface area contributed by atoms with Crippen LogP contribution < -0.4 is 0 Å². The second-order valence-electron chi connectivity index (χ2n) is 7.37. The highest BCUT2D eigenvalue weighted by molar-refractivity contribution is 6.01.